The van der Waals surface area contributed by atoms with E-state index in [1.54, 1.807) is 0 Å². The Balaban J connectivity index is 1.18. The van der Waals surface area contributed by atoms with Crippen molar-refractivity contribution < 1.29 is 0 Å². The largest absolute Gasteiger partial charge is 0.355 e. The van der Waals surface area contributed by atoms with Gasteiger partial charge in [0.2, 0.25) is 0 Å². The average Bonchev–Trinajstić information content (AvgIpc) is 3.93. The van der Waals surface area contributed by atoms with Crippen molar-refractivity contribution in [3.8, 4) is 5.69 Å². The number of hydrogen-bond acceptors (Lipinski definition) is 1. The fraction of sp³-hybridized carbons (Fsp3) is 0.0952. The number of fused-ring (bicyclic) bond motifs is 8. The fourth-order valence-corrected chi connectivity index (χ4v) is 10.8. The molecule has 0 saturated carbocycles. The molecule has 0 spiro atoms. The average molecular weight is 878 g/mol. The second kappa shape index (κ2) is 17.1. The van der Waals surface area contributed by atoms with E-state index < -0.39 is 10.8 Å². The number of nitrogens with one attached hydrogen (secondary N) is 1. The maximum atomic E-state index is 5.14. The van der Waals surface area contributed by atoms with Gasteiger partial charge >= 0.3 is 0 Å². The molecular weight excluding hydrogens is 827 g/mol. The number of para-hydroxylation sites is 2. The standard InChI is InChI=1S/C63H51N5/c1-6-22-45(23-7-2)62(3)53-38-51-49-33-18-20-35-58(49)68(47-31-21-28-44(36-47)60(64-5)67-61(43-26-13-9-14-27-43)65-41-42-24-11-8-12-25-42)59(51)40-55(53)63(4,46-29-15-10-16-30-46)52-37-50-48-32-17-19-34-56(48)66-57(50)39-54(52)62/h6-40,66H,1,5,41H2,2-4H3/b23-7-,45-22+,65-61?,67-60?. The molecule has 1 aliphatic rings. The minimum Gasteiger partial charge on any atom is -0.355 e. The van der Waals surface area contributed by atoms with Gasteiger partial charge in [-0.1, -0.05) is 170 Å². The van der Waals surface area contributed by atoms with Gasteiger partial charge in [0.1, 0.15) is 0 Å². The highest BCUT2D eigenvalue weighted by Gasteiger charge is 2.49. The van der Waals surface area contributed by atoms with E-state index in [-0.39, 0.29) is 0 Å². The SMILES string of the molecule is C=C/C=C(\C=C/C)C1(C)c2cc3[nH]c4ccccc4c3cc2C(C)(c2ccccc2)c2cc3c(cc21)c1ccccc1n3-c1cccc(C(N=C)=NC(=NCc2ccccc2)c2ccccc2)c1. The molecule has 2 heterocycles. The third-order valence-electron chi connectivity index (χ3n) is 14.2. The lowest BCUT2D eigenvalue weighted by atomic mass is 9.54. The maximum Gasteiger partial charge on any atom is 0.161 e. The molecular formula is C63H51N5. The summed E-state index contributed by atoms with van der Waals surface area (Å²) in [7, 11) is 0. The van der Waals surface area contributed by atoms with Crippen molar-refractivity contribution in [2.45, 2.75) is 38.1 Å². The summed E-state index contributed by atoms with van der Waals surface area (Å²) in [5.74, 6) is 1.10. The normalized spacial score (nSPS) is 17.5. The Morgan fingerprint density at radius 1 is 0.588 bits per heavy atom. The summed E-state index contributed by atoms with van der Waals surface area (Å²) in [6.07, 6.45) is 8.53. The topological polar surface area (TPSA) is 57.8 Å². The Morgan fingerprint density at radius 3 is 1.99 bits per heavy atom. The smallest absolute Gasteiger partial charge is 0.161 e. The molecule has 0 fully saturated rings. The number of nitrogens with zero attached hydrogens (tertiary/aromatic N) is 4. The van der Waals surface area contributed by atoms with Crippen molar-refractivity contribution in [1.82, 2.24) is 9.55 Å². The first-order valence-electron chi connectivity index (χ1n) is 23.3. The predicted octanol–water partition coefficient (Wildman–Crippen LogP) is 15.2. The minimum absolute atomic E-state index is 0.488. The van der Waals surface area contributed by atoms with Gasteiger partial charge in [-0.3, -0.25) is 4.99 Å². The molecule has 68 heavy (non-hydrogen) atoms. The quantitative estimate of drug-likeness (QED) is 0.0853. The van der Waals surface area contributed by atoms with Gasteiger partial charge in [-0.05, 0) is 115 Å². The van der Waals surface area contributed by atoms with Gasteiger partial charge in [0.25, 0.3) is 0 Å². The summed E-state index contributed by atoms with van der Waals surface area (Å²) in [4.78, 5) is 18.5. The molecule has 0 radical (unpaired) electrons. The first-order chi connectivity index (χ1) is 33.3. The van der Waals surface area contributed by atoms with Gasteiger partial charge in [0.15, 0.2) is 11.7 Å². The number of allylic oxidation sites excluding steroid dienone is 5. The van der Waals surface area contributed by atoms with Crippen LogP contribution in [-0.4, -0.2) is 27.9 Å². The van der Waals surface area contributed by atoms with Gasteiger partial charge in [-0.25, -0.2) is 9.98 Å². The number of aromatic nitrogens is 2. The second-order valence-electron chi connectivity index (χ2n) is 18.0. The van der Waals surface area contributed by atoms with Gasteiger partial charge in [-0.15, -0.1) is 0 Å². The number of rotatable bonds is 9. The molecule has 1 aliphatic carbocycles. The zero-order chi connectivity index (χ0) is 46.4. The number of amidine groups is 2. The molecule has 2 atom stereocenters. The summed E-state index contributed by atoms with van der Waals surface area (Å²) >= 11 is 0. The highest BCUT2D eigenvalue weighted by atomic mass is 15.0. The Bertz CT molecular complexity index is 3720. The van der Waals surface area contributed by atoms with Crippen molar-refractivity contribution in [1.29, 1.82) is 0 Å². The highest BCUT2D eigenvalue weighted by Crippen LogP contribution is 2.58. The van der Waals surface area contributed by atoms with Crippen molar-refractivity contribution in [3.63, 3.8) is 0 Å². The van der Waals surface area contributed by atoms with Crippen LogP contribution in [-0.2, 0) is 17.4 Å². The number of hydrogen-bond donors (Lipinski definition) is 1. The summed E-state index contributed by atoms with van der Waals surface area (Å²) < 4.78 is 2.41. The van der Waals surface area contributed by atoms with Gasteiger partial charge < -0.3 is 9.55 Å². The highest BCUT2D eigenvalue weighted by molar-refractivity contribution is 6.14. The molecule has 0 aliphatic heterocycles. The summed E-state index contributed by atoms with van der Waals surface area (Å²) in [6, 6.07) is 67.2. The Labute approximate surface area is 397 Å². The van der Waals surface area contributed by atoms with E-state index in [9.17, 15) is 0 Å². The molecule has 0 bridgehead atoms. The van der Waals surface area contributed by atoms with E-state index in [1.165, 1.54) is 54.9 Å². The summed E-state index contributed by atoms with van der Waals surface area (Å²) in [5, 5.41) is 4.78. The molecule has 8 aromatic carbocycles. The van der Waals surface area contributed by atoms with Crippen molar-refractivity contribution in [2.75, 3.05) is 0 Å². The summed E-state index contributed by atoms with van der Waals surface area (Å²) in [6.45, 7) is 15.7. The second-order valence-corrected chi connectivity index (χ2v) is 18.0. The van der Waals surface area contributed by atoms with E-state index in [0.29, 0.717) is 18.2 Å². The molecule has 0 saturated heterocycles. The van der Waals surface area contributed by atoms with Gasteiger partial charge in [-0.2, -0.15) is 0 Å². The Morgan fingerprint density at radius 2 is 1.24 bits per heavy atom. The van der Waals surface area contributed by atoms with Crippen LogP contribution in [0.2, 0.25) is 0 Å². The first-order valence-corrected chi connectivity index (χ1v) is 23.3. The Kier molecular flexibility index (Phi) is 10.6. The van der Waals surface area contributed by atoms with Crippen LogP contribution in [0.15, 0.2) is 239 Å². The lowest BCUT2D eigenvalue weighted by molar-refractivity contribution is 0.569. The minimum atomic E-state index is -0.567. The van der Waals surface area contributed by atoms with E-state index in [0.717, 1.165) is 44.4 Å². The van der Waals surface area contributed by atoms with Crippen molar-refractivity contribution in [3.05, 3.63) is 269 Å². The predicted molar refractivity (Wildman–Crippen MR) is 287 cm³/mol. The third kappa shape index (κ3) is 6.81. The maximum absolute atomic E-state index is 5.14. The van der Waals surface area contributed by atoms with E-state index in [1.807, 2.05) is 54.6 Å². The number of benzene rings is 8. The Hall–Kier alpha value is -8.41. The van der Waals surface area contributed by atoms with Gasteiger partial charge in [0, 0.05) is 60.2 Å². The molecule has 2 aromatic heterocycles. The molecule has 11 rings (SSSR count). The first kappa shape index (κ1) is 42.2. The van der Waals surface area contributed by atoms with Crippen LogP contribution in [0.3, 0.4) is 0 Å². The number of aromatic amines is 1. The van der Waals surface area contributed by atoms with Crippen LogP contribution in [0.4, 0.5) is 0 Å². The van der Waals surface area contributed by atoms with Crippen LogP contribution < -0.4 is 0 Å². The van der Waals surface area contributed by atoms with E-state index in [2.05, 4.69) is 206 Å². The molecule has 10 aromatic rings. The summed E-state index contributed by atoms with van der Waals surface area (Å²) in [5.41, 5.74) is 14.7. The van der Waals surface area contributed by atoms with Crippen LogP contribution in [0, 0.1) is 0 Å². The molecule has 5 heteroatoms. The lowest BCUT2D eigenvalue weighted by Crippen LogP contribution is -2.41. The molecule has 5 nitrogen and oxygen atoms in total. The number of aliphatic imine (C=N–C) groups is 3. The fourth-order valence-electron chi connectivity index (χ4n) is 10.8. The monoisotopic (exact) mass is 877 g/mol. The zero-order valence-electron chi connectivity index (χ0n) is 38.6. The van der Waals surface area contributed by atoms with Crippen LogP contribution in [0.1, 0.15) is 65.3 Å². The molecule has 2 unspecified atom stereocenters. The molecule has 0 amide bonds. The van der Waals surface area contributed by atoms with Crippen LogP contribution in [0.25, 0.3) is 49.3 Å². The zero-order valence-corrected chi connectivity index (χ0v) is 38.6. The molecule has 1 N–H and O–H groups in total. The van der Waals surface area contributed by atoms with Crippen LogP contribution >= 0.6 is 0 Å². The van der Waals surface area contributed by atoms with Gasteiger partial charge in [0.05, 0.1) is 17.6 Å². The molecule has 328 valence electrons. The van der Waals surface area contributed by atoms with Crippen molar-refractivity contribution in [2.24, 2.45) is 15.0 Å². The van der Waals surface area contributed by atoms with Crippen LogP contribution in [0.5, 0.6) is 0 Å². The van der Waals surface area contributed by atoms with E-state index in [4.69, 9.17) is 9.98 Å². The lowest BCUT2D eigenvalue weighted by Gasteiger charge is -2.48. The van der Waals surface area contributed by atoms with Crippen molar-refractivity contribution >= 4 is 62.0 Å². The number of H-pyrrole nitrogens is 1. The van der Waals surface area contributed by atoms with E-state index >= 15 is 0 Å². The third-order valence-corrected chi connectivity index (χ3v) is 14.2.